The highest BCUT2D eigenvalue weighted by Crippen LogP contribution is 2.40. The smallest absolute Gasteiger partial charge is 0.229 e. The summed E-state index contributed by atoms with van der Waals surface area (Å²) in [5.74, 6) is 3.76. The maximum absolute atomic E-state index is 12.9. The quantitative estimate of drug-likeness (QED) is 0.107. The number of piperazine rings is 1. The van der Waals surface area contributed by atoms with Crippen molar-refractivity contribution in [2.24, 2.45) is 0 Å². The average Bonchev–Trinajstić information content (AvgIpc) is 3.66. The highest BCUT2D eigenvalue weighted by Gasteiger charge is 2.33. The highest BCUT2D eigenvalue weighted by atomic mass is 35.5. The normalized spacial score (nSPS) is 18.3. The molecule has 5 heterocycles. The molecule has 0 aliphatic carbocycles. The van der Waals surface area contributed by atoms with Crippen LogP contribution >= 0.6 is 18.7 Å². The second-order valence-corrected chi connectivity index (χ2v) is 20.3. The summed E-state index contributed by atoms with van der Waals surface area (Å²) in [6.07, 6.45) is 7.41. The molecule has 13 nitrogen and oxygen atoms in total. The van der Waals surface area contributed by atoms with Gasteiger partial charge in [-0.25, -0.2) is 14.8 Å². The van der Waals surface area contributed by atoms with Gasteiger partial charge in [-0.15, -0.1) is 0 Å². The Hall–Kier alpha value is -4.61. The fourth-order valence-corrected chi connectivity index (χ4v) is 10.5. The number of para-hydroxylation sites is 1. The summed E-state index contributed by atoms with van der Waals surface area (Å²) in [6, 6.07) is 20.7. The number of ether oxygens (including phenoxy) is 1. The van der Waals surface area contributed by atoms with Crippen molar-refractivity contribution in [1.29, 1.82) is 0 Å². The second kappa shape index (κ2) is 18.6. The second-order valence-electron chi connectivity index (χ2n) is 16.7. The molecule has 4 aromatic rings. The number of anilines is 6. The molecule has 4 aliphatic rings. The topological polar surface area (TPSA) is 113 Å². The van der Waals surface area contributed by atoms with Gasteiger partial charge in [-0.3, -0.25) is 14.8 Å². The van der Waals surface area contributed by atoms with Crippen LogP contribution in [0.1, 0.15) is 43.2 Å². The maximum Gasteiger partial charge on any atom is 0.229 e. The SMILES string of the molecule is COc1cc(N2CCC(N3CCN(CCN(C)c4cccc5c4CN(N4CCCCC4)C5=C=O)CC3)CC2)ccc1Nc1ncc(Cl)c(Nc2ccccc2P(C)(C)=O)n1. The Morgan fingerprint density at radius 3 is 2.42 bits per heavy atom. The van der Waals surface area contributed by atoms with E-state index in [1.165, 1.54) is 30.5 Å². The number of methoxy groups -OCH3 is 1. The van der Waals surface area contributed by atoms with E-state index in [1.807, 2.05) is 30.3 Å². The van der Waals surface area contributed by atoms with Gasteiger partial charge in [0, 0.05) is 112 Å². The van der Waals surface area contributed by atoms with Crippen molar-refractivity contribution in [1.82, 2.24) is 29.8 Å². The van der Waals surface area contributed by atoms with Crippen molar-refractivity contribution in [2.45, 2.75) is 44.7 Å². The number of nitrogens with one attached hydrogen (secondary N) is 2. The van der Waals surface area contributed by atoms with Crippen LogP contribution in [0, 0.1) is 0 Å². The fourth-order valence-electron chi connectivity index (χ4n) is 9.20. The predicted molar refractivity (Wildman–Crippen MR) is 245 cm³/mol. The van der Waals surface area contributed by atoms with E-state index in [0.29, 0.717) is 40.0 Å². The third-order valence-electron chi connectivity index (χ3n) is 12.6. The zero-order valence-electron chi connectivity index (χ0n) is 35.4. The van der Waals surface area contributed by atoms with Crippen LogP contribution < -0.4 is 30.5 Å². The van der Waals surface area contributed by atoms with Crippen LogP contribution in [-0.4, -0.2) is 135 Å². The third-order valence-corrected chi connectivity index (χ3v) is 14.4. The number of fused-ring (bicyclic) bond motifs is 1. The molecule has 0 amide bonds. The summed E-state index contributed by atoms with van der Waals surface area (Å²) < 4.78 is 18.8. The lowest BCUT2D eigenvalue weighted by Gasteiger charge is -2.43. The third kappa shape index (κ3) is 9.32. The summed E-state index contributed by atoms with van der Waals surface area (Å²) in [5, 5.41) is 12.2. The Morgan fingerprint density at radius 1 is 0.917 bits per heavy atom. The van der Waals surface area contributed by atoms with E-state index in [0.717, 1.165) is 107 Å². The summed E-state index contributed by atoms with van der Waals surface area (Å²) in [4.78, 5) is 31.3. The van der Waals surface area contributed by atoms with Crippen LogP contribution in [-0.2, 0) is 15.9 Å². The Labute approximate surface area is 359 Å². The fraction of sp³-hybridized carbons (Fsp3) is 0.467. The average molecular weight is 853 g/mol. The van der Waals surface area contributed by atoms with Gasteiger partial charge < -0.3 is 29.7 Å². The molecule has 2 N–H and O–H groups in total. The molecule has 0 radical (unpaired) electrons. The van der Waals surface area contributed by atoms with E-state index in [4.69, 9.17) is 16.3 Å². The standard InChI is InChI=1S/C45H58ClN10O3P/c1-51(40-13-10-11-35-36(40)31-56(41(35)32-57)55-19-8-5-9-20-55)23-24-52-25-27-54(28-26-52)33-17-21-53(22-18-33)34-15-16-38(42(29-34)59-2)49-45-47-30-37(46)44(50-45)48-39-12-6-7-14-43(39)60(3,4)58/h6-7,10-16,29-30,33H,5,8-9,17-28,31H2,1-4H3,(H2,47,48,49,50). The number of halogens is 1. The van der Waals surface area contributed by atoms with Gasteiger partial charge in [0.05, 0.1) is 31.2 Å². The molecule has 0 bridgehead atoms. The molecule has 8 rings (SSSR count). The van der Waals surface area contributed by atoms with Crippen molar-refractivity contribution >= 4 is 70.2 Å². The number of nitrogens with zero attached hydrogens (tertiary/aromatic N) is 8. The van der Waals surface area contributed by atoms with Gasteiger partial charge in [-0.2, -0.15) is 4.98 Å². The molecule has 0 atom stereocenters. The van der Waals surface area contributed by atoms with Crippen LogP contribution in [0.15, 0.2) is 66.9 Å². The first-order chi connectivity index (χ1) is 29.1. The summed E-state index contributed by atoms with van der Waals surface area (Å²) in [7, 11) is 1.33. The number of hydrogen-bond acceptors (Lipinski definition) is 13. The molecule has 318 valence electrons. The molecule has 0 unspecified atom stereocenters. The van der Waals surface area contributed by atoms with Crippen LogP contribution in [0.2, 0.25) is 5.02 Å². The lowest BCUT2D eigenvalue weighted by molar-refractivity contribution is 0.0149. The van der Waals surface area contributed by atoms with Crippen molar-refractivity contribution in [3.8, 4) is 5.75 Å². The number of aromatic nitrogens is 2. The molecule has 60 heavy (non-hydrogen) atoms. The van der Waals surface area contributed by atoms with E-state index in [2.05, 4.69) is 93.5 Å². The largest absolute Gasteiger partial charge is 0.494 e. The van der Waals surface area contributed by atoms with E-state index >= 15 is 0 Å². The Bertz CT molecular complexity index is 2240. The van der Waals surface area contributed by atoms with Crippen LogP contribution in [0.5, 0.6) is 5.75 Å². The minimum atomic E-state index is -2.54. The summed E-state index contributed by atoms with van der Waals surface area (Å²) >= 11 is 6.50. The highest BCUT2D eigenvalue weighted by molar-refractivity contribution is 7.70. The molecular weight excluding hydrogens is 795 g/mol. The molecule has 3 saturated heterocycles. The molecule has 1 aromatic heterocycles. The Kier molecular flexibility index (Phi) is 13.0. The van der Waals surface area contributed by atoms with Gasteiger partial charge in [-0.05, 0) is 69.3 Å². The predicted octanol–water partition coefficient (Wildman–Crippen LogP) is 6.99. The van der Waals surface area contributed by atoms with Crippen LogP contribution in [0.25, 0.3) is 5.70 Å². The lowest BCUT2D eigenvalue weighted by Crippen LogP contribution is -2.54. The van der Waals surface area contributed by atoms with E-state index in [9.17, 15) is 9.36 Å². The minimum Gasteiger partial charge on any atom is -0.494 e. The Morgan fingerprint density at radius 2 is 1.68 bits per heavy atom. The first kappa shape index (κ1) is 42.1. The minimum absolute atomic E-state index is 0.355. The zero-order valence-corrected chi connectivity index (χ0v) is 37.0. The number of piperidine rings is 2. The number of benzene rings is 3. The molecule has 15 heteroatoms. The maximum atomic E-state index is 12.9. The van der Waals surface area contributed by atoms with Gasteiger partial charge in [0.1, 0.15) is 23.6 Å². The van der Waals surface area contributed by atoms with Gasteiger partial charge in [0.25, 0.3) is 0 Å². The van der Waals surface area contributed by atoms with Gasteiger partial charge in [0.2, 0.25) is 5.95 Å². The molecule has 0 spiro atoms. The number of hydrazine groups is 1. The molecule has 0 saturated carbocycles. The number of rotatable bonds is 13. The first-order valence-electron chi connectivity index (χ1n) is 21.3. The molecular formula is C45H58ClN10O3P. The number of likely N-dealkylation sites (N-methyl/N-ethyl adjacent to an activating group) is 1. The van der Waals surface area contributed by atoms with Crippen molar-refractivity contribution in [3.05, 3.63) is 83.0 Å². The molecule has 3 aromatic carbocycles. The van der Waals surface area contributed by atoms with Gasteiger partial charge >= 0.3 is 0 Å². The zero-order chi connectivity index (χ0) is 41.8. The van der Waals surface area contributed by atoms with Crippen LogP contribution in [0.4, 0.5) is 34.5 Å². The number of hydrogen-bond donors (Lipinski definition) is 2. The van der Waals surface area contributed by atoms with E-state index < -0.39 is 7.14 Å². The number of carbonyl (C=O) groups excluding carboxylic acids is 1. The molecule has 4 aliphatic heterocycles. The van der Waals surface area contributed by atoms with Gasteiger partial charge in [-0.1, -0.05) is 42.3 Å². The van der Waals surface area contributed by atoms with Crippen LogP contribution in [0.3, 0.4) is 0 Å². The van der Waals surface area contributed by atoms with E-state index in [-0.39, 0.29) is 0 Å². The Balaban J connectivity index is 0.814. The monoisotopic (exact) mass is 852 g/mol. The van der Waals surface area contributed by atoms with Crippen molar-refractivity contribution in [2.75, 3.05) is 113 Å². The van der Waals surface area contributed by atoms with E-state index in [1.54, 1.807) is 26.6 Å². The molecule has 3 fully saturated rings. The van der Waals surface area contributed by atoms with Crippen molar-refractivity contribution in [3.63, 3.8) is 0 Å². The lowest BCUT2D eigenvalue weighted by atomic mass is 10.0. The summed E-state index contributed by atoms with van der Waals surface area (Å²) in [5.41, 5.74) is 6.76. The van der Waals surface area contributed by atoms with Gasteiger partial charge in [0.15, 0.2) is 11.8 Å². The van der Waals surface area contributed by atoms with Crippen molar-refractivity contribution < 1.29 is 14.1 Å². The first-order valence-corrected chi connectivity index (χ1v) is 24.3. The summed E-state index contributed by atoms with van der Waals surface area (Å²) in [6.45, 7) is 14.5.